The second-order valence-corrected chi connectivity index (χ2v) is 5.52. The van der Waals surface area contributed by atoms with Gasteiger partial charge in [0.15, 0.2) is 0 Å². The maximum absolute atomic E-state index is 4.49. The van der Waals surface area contributed by atoms with Crippen molar-refractivity contribution >= 4 is 5.57 Å². The summed E-state index contributed by atoms with van der Waals surface area (Å²) >= 11 is 0. The summed E-state index contributed by atoms with van der Waals surface area (Å²) in [5.74, 6) is 1.12. The summed E-state index contributed by atoms with van der Waals surface area (Å²) in [6.45, 7) is 9.06. The quantitative estimate of drug-likeness (QED) is 0.734. The molecule has 1 heterocycles. The van der Waals surface area contributed by atoms with Crippen LogP contribution >= 0.6 is 0 Å². The van der Waals surface area contributed by atoms with Gasteiger partial charge < -0.3 is 4.57 Å². The molecule has 0 saturated carbocycles. The van der Waals surface area contributed by atoms with Gasteiger partial charge in [-0.3, -0.25) is 0 Å². The first kappa shape index (κ1) is 11.2. The molecule has 1 aromatic rings. The highest BCUT2D eigenvalue weighted by Crippen LogP contribution is 2.33. The molecule has 2 heteroatoms. The lowest BCUT2D eigenvalue weighted by Gasteiger charge is -2.29. The van der Waals surface area contributed by atoms with Crippen LogP contribution in [0.5, 0.6) is 0 Å². The lowest BCUT2D eigenvalue weighted by Crippen LogP contribution is -2.22. The molecule has 2 nitrogen and oxygen atoms in total. The number of hydrogen-bond donors (Lipinski definition) is 0. The Balaban J connectivity index is 2.33. The molecule has 1 atom stereocenters. The number of aromatic nitrogens is 2. The molecule has 0 spiro atoms. The molecular formula is C14H20N2. The fourth-order valence-corrected chi connectivity index (χ4v) is 1.90. The summed E-state index contributed by atoms with van der Waals surface area (Å²) in [4.78, 5) is 4.49. The van der Waals surface area contributed by atoms with E-state index in [0.29, 0.717) is 6.04 Å². The van der Waals surface area contributed by atoms with Gasteiger partial charge in [0.05, 0.1) is 0 Å². The molecule has 1 unspecified atom stereocenters. The van der Waals surface area contributed by atoms with Crippen LogP contribution in [0.4, 0.5) is 0 Å². The van der Waals surface area contributed by atoms with E-state index >= 15 is 0 Å². The Morgan fingerprint density at radius 1 is 1.38 bits per heavy atom. The number of hydrogen-bond acceptors (Lipinski definition) is 1. The molecule has 1 aromatic heterocycles. The van der Waals surface area contributed by atoms with Crippen LogP contribution in [0.2, 0.25) is 0 Å². The van der Waals surface area contributed by atoms with E-state index in [1.165, 1.54) is 5.57 Å². The van der Waals surface area contributed by atoms with Crippen molar-refractivity contribution in [2.45, 2.75) is 40.2 Å². The maximum atomic E-state index is 4.49. The predicted molar refractivity (Wildman–Crippen MR) is 68.1 cm³/mol. The van der Waals surface area contributed by atoms with Gasteiger partial charge in [0.2, 0.25) is 0 Å². The van der Waals surface area contributed by atoms with Crippen molar-refractivity contribution in [3.8, 4) is 0 Å². The van der Waals surface area contributed by atoms with Gasteiger partial charge in [0, 0.05) is 18.4 Å². The smallest absolute Gasteiger partial charge is 0.136 e. The van der Waals surface area contributed by atoms with Crippen molar-refractivity contribution in [3.63, 3.8) is 0 Å². The van der Waals surface area contributed by atoms with Crippen molar-refractivity contribution in [3.05, 3.63) is 36.4 Å². The highest BCUT2D eigenvalue weighted by atomic mass is 15.1. The molecule has 1 aliphatic rings. The number of nitrogens with zero attached hydrogens (tertiary/aromatic N) is 2. The Labute approximate surface area is 97.7 Å². The molecule has 1 aliphatic carbocycles. The van der Waals surface area contributed by atoms with E-state index in [-0.39, 0.29) is 5.41 Å². The lowest BCUT2D eigenvalue weighted by atomic mass is 9.87. The summed E-state index contributed by atoms with van der Waals surface area (Å²) in [5.41, 5.74) is 1.57. The molecule has 0 bridgehead atoms. The fraction of sp³-hybridized carbons (Fsp3) is 0.500. The van der Waals surface area contributed by atoms with Crippen molar-refractivity contribution in [1.82, 2.24) is 9.55 Å². The topological polar surface area (TPSA) is 17.8 Å². The van der Waals surface area contributed by atoms with Gasteiger partial charge in [0.1, 0.15) is 5.82 Å². The Kier molecular flexibility index (Phi) is 2.75. The molecule has 0 N–H and O–H groups in total. The third-order valence-corrected chi connectivity index (χ3v) is 3.40. The summed E-state index contributed by atoms with van der Waals surface area (Å²) in [6.07, 6.45) is 11.4. The van der Waals surface area contributed by atoms with Crippen LogP contribution in [-0.2, 0) is 0 Å². The Bertz CT molecular complexity index is 430. The second kappa shape index (κ2) is 3.93. The van der Waals surface area contributed by atoms with Gasteiger partial charge in [-0.1, -0.05) is 39.0 Å². The van der Waals surface area contributed by atoms with E-state index < -0.39 is 0 Å². The number of allylic oxidation sites excluding steroid dienone is 4. The van der Waals surface area contributed by atoms with Gasteiger partial charge >= 0.3 is 0 Å². The third kappa shape index (κ3) is 1.97. The van der Waals surface area contributed by atoms with Crippen LogP contribution in [0.15, 0.2) is 30.6 Å². The highest BCUT2D eigenvalue weighted by Gasteiger charge is 2.24. The first-order chi connectivity index (χ1) is 7.50. The molecule has 0 aromatic carbocycles. The summed E-state index contributed by atoms with van der Waals surface area (Å²) in [7, 11) is 0. The number of imidazole rings is 1. The maximum Gasteiger partial charge on any atom is 0.136 e. The van der Waals surface area contributed by atoms with Gasteiger partial charge in [-0.05, 0) is 24.3 Å². The highest BCUT2D eigenvalue weighted by molar-refractivity contribution is 5.66. The fourth-order valence-electron chi connectivity index (χ4n) is 1.90. The first-order valence-corrected chi connectivity index (χ1v) is 5.89. The Hall–Kier alpha value is -1.31. The van der Waals surface area contributed by atoms with Crippen molar-refractivity contribution in [2.75, 3.05) is 0 Å². The zero-order chi connectivity index (χ0) is 11.8. The number of rotatable bonds is 2. The molecular weight excluding hydrogens is 196 g/mol. The van der Waals surface area contributed by atoms with Gasteiger partial charge in [-0.25, -0.2) is 4.98 Å². The second-order valence-electron chi connectivity index (χ2n) is 5.52. The van der Waals surface area contributed by atoms with Gasteiger partial charge in [0.25, 0.3) is 0 Å². The minimum Gasteiger partial charge on any atom is -0.328 e. The minimum absolute atomic E-state index is 0.252. The normalized spacial score (nSPS) is 17.6. The standard InChI is InChI=1S/C14H20N2/c1-11(14(2,3)4)16-10-9-15-13(16)12-7-5-6-8-12/h5-7,9-11H,8H2,1-4H3. The predicted octanol–water partition coefficient (Wildman–Crippen LogP) is 3.83. The van der Waals surface area contributed by atoms with E-state index in [9.17, 15) is 0 Å². The molecule has 0 saturated heterocycles. The molecule has 86 valence electrons. The van der Waals surface area contributed by atoms with Crippen LogP contribution in [0, 0.1) is 5.41 Å². The zero-order valence-electron chi connectivity index (χ0n) is 10.6. The zero-order valence-corrected chi connectivity index (χ0v) is 10.6. The molecule has 0 aliphatic heterocycles. The molecule has 0 amide bonds. The van der Waals surface area contributed by atoms with Crippen molar-refractivity contribution in [1.29, 1.82) is 0 Å². The minimum atomic E-state index is 0.252. The summed E-state index contributed by atoms with van der Waals surface area (Å²) in [6, 6.07) is 0.450. The van der Waals surface area contributed by atoms with E-state index in [4.69, 9.17) is 0 Å². The molecule has 0 radical (unpaired) electrons. The van der Waals surface area contributed by atoms with E-state index in [1.54, 1.807) is 0 Å². The monoisotopic (exact) mass is 216 g/mol. The van der Waals surface area contributed by atoms with Crippen LogP contribution in [0.1, 0.15) is 46.0 Å². The van der Waals surface area contributed by atoms with E-state index in [2.05, 4.69) is 61.7 Å². The van der Waals surface area contributed by atoms with E-state index in [1.807, 2.05) is 6.20 Å². The molecule has 16 heavy (non-hydrogen) atoms. The van der Waals surface area contributed by atoms with E-state index in [0.717, 1.165) is 12.2 Å². The van der Waals surface area contributed by atoms with Gasteiger partial charge in [-0.15, -0.1) is 0 Å². The average Bonchev–Trinajstić information content (AvgIpc) is 2.85. The SMILES string of the molecule is CC(n1ccnc1C1=CC=CC1)C(C)(C)C. The van der Waals surface area contributed by atoms with Crippen LogP contribution in [0.3, 0.4) is 0 Å². The summed E-state index contributed by atoms with van der Waals surface area (Å²) in [5, 5.41) is 0. The third-order valence-electron chi connectivity index (χ3n) is 3.40. The molecule has 2 rings (SSSR count). The Morgan fingerprint density at radius 3 is 2.69 bits per heavy atom. The van der Waals surface area contributed by atoms with Crippen LogP contribution in [-0.4, -0.2) is 9.55 Å². The van der Waals surface area contributed by atoms with Crippen molar-refractivity contribution < 1.29 is 0 Å². The van der Waals surface area contributed by atoms with Crippen LogP contribution < -0.4 is 0 Å². The average molecular weight is 216 g/mol. The van der Waals surface area contributed by atoms with Gasteiger partial charge in [-0.2, -0.15) is 0 Å². The summed E-state index contributed by atoms with van der Waals surface area (Å²) < 4.78 is 2.29. The van der Waals surface area contributed by atoms with Crippen LogP contribution in [0.25, 0.3) is 5.57 Å². The lowest BCUT2D eigenvalue weighted by molar-refractivity contribution is 0.261. The first-order valence-electron chi connectivity index (χ1n) is 5.89. The molecule has 0 fully saturated rings. The van der Waals surface area contributed by atoms with Crippen molar-refractivity contribution in [2.24, 2.45) is 5.41 Å². The largest absolute Gasteiger partial charge is 0.328 e. The Morgan fingerprint density at radius 2 is 2.12 bits per heavy atom.